The van der Waals surface area contributed by atoms with Crippen molar-refractivity contribution in [1.29, 1.82) is 0 Å². The van der Waals surface area contributed by atoms with Crippen LogP contribution in [0.3, 0.4) is 0 Å². The molecule has 0 saturated carbocycles. The van der Waals surface area contributed by atoms with Gasteiger partial charge in [-0.05, 0) is 60.9 Å². The first-order chi connectivity index (χ1) is 15.6. The Hall–Kier alpha value is -3.00. The molecule has 2 aromatic carbocycles. The van der Waals surface area contributed by atoms with Crippen LogP contribution in [0.2, 0.25) is 5.02 Å². The van der Waals surface area contributed by atoms with E-state index < -0.39 is 0 Å². The normalized spacial score (nSPS) is 17.5. The summed E-state index contributed by atoms with van der Waals surface area (Å²) in [6.45, 7) is 2.30. The first kappa shape index (κ1) is 20.9. The Bertz CT molecular complexity index is 1170. The number of fused-ring (bicyclic) bond motifs is 1. The molecule has 1 fully saturated rings. The third-order valence-corrected chi connectivity index (χ3v) is 5.91. The highest BCUT2D eigenvalue weighted by Gasteiger charge is 2.30. The molecule has 8 heteroatoms. The molecular formula is C24H22ClFN4O2. The third kappa shape index (κ3) is 4.19. The summed E-state index contributed by atoms with van der Waals surface area (Å²) in [6, 6.07) is 13.6. The van der Waals surface area contributed by atoms with Gasteiger partial charge in [0.15, 0.2) is 5.69 Å². The number of carbonyl (C=O) groups is 1. The van der Waals surface area contributed by atoms with Crippen molar-refractivity contribution >= 4 is 29.2 Å². The molecule has 0 spiro atoms. The minimum absolute atomic E-state index is 0.248. The molecular weight excluding hydrogens is 431 g/mol. The van der Waals surface area contributed by atoms with Gasteiger partial charge >= 0.3 is 0 Å². The number of rotatable bonds is 4. The number of aromatic nitrogens is 2. The van der Waals surface area contributed by atoms with Gasteiger partial charge in [-0.25, -0.2) is 14.1 Å². The number of nitrogens with zero attached hydrogens (tertiary/aromatic N) is 3. The van der Waals surface area contributed by atoms with E-state index in [-0.39, 0.29) is 18.3 Å². The fraction of sp³-hybridized carbons (Fsp3) is 0.250. The quantitative estimate of drug-likeness (QED) is 0.634. The number of hydrazine groups is 1. The Morgan fingerprint density at radius 2 is 1.78 bits per heavy atom. The van der Waals surface area contributed by atoms with Gasteiger partial charge in [0.1, 0.15) is 5.82 Å². The lowest BCUT2D eigenvalue weighted by atomic mass is 10.0. The average Bonchev–Trinajstić information content (AvgIpc) is 3.44. The Morgan fingerprint density at radius 1 is 1.06 bits per heavy atom. The molecule has 164 valence electrons. The van der Waals surface area contributed by atoms with Crippen LogP contribution in [0, 0.1) is 5.82 Å². The topological polar surface area (TPSA) is 59.4 Å². The van der Waals surface area contributed by atoms with Crippen LogP contribution in [0.4, 0.5) is 4.39 Å². The molecule has 1 saturated heterocycles. The molecule has 2 aliphatic rings. The molecule has 0 unspecified atom stereocenters. The lowest BCUT2D eigenvalue weighted by Gasteiger charge is -2.19. The molecule has 3 aromatic rings. The highest BCUT2D eigenvalue weighted by Crippen LogP contribution is 2.32. The minimum atomic E-state index is -0.292. The van der Waals surface area contributed by atoms with Gasteiger partial charge in [-0.3, -0.25) is 10.2 Å². The van der Waals surface area contributed by atoms with Crippen LogP contribution in [0.25, 0.3) is 17.3 Å². The maximum Gasteiger partial charge on any atom is 0.286 e. The molecule has 1 aromatic heterocycles. The Balaban J connectivity index is 1.60. The summed E-state index contributed by atoms with van der Waals surface area (Å²) in [4.78, 5) is 13.1. The van der Waals surface area contributed by atoms with Gasteiger partial charge in [-0.2, -0.15) is 5.10 Å². The third-order valence-electron chi connectivity index (χ3n) is 5.65. The second-order valence-electron chi connectivity index (χ2n) is 7.91. The molecule has 32 heavy (non-hydrogen) atoms. The number of amides is 1. The Kier molecular flexibility index (Phi) is 5.78. The average molecular weight is 453 g/mol. The van der Waals surface area contributed by atoms with Crippen molar-refractivity contribution in [2.24, 2.45) is 0 Å². The highest BCUT2D eigenvalue weighted by atomic mass is 35.5. The molecule has 2 aliphatic heterocycles. The molecule has 1 N–H and O–H groups in total. The van der Waals surface area contributed by atoms with E-state index in [0.717, 1.165) is 54.0 Å². The number of halogens is 2. The standard InChI is InChI=1S/C24H22ClFN4O2/c25-18-5-9-20(10-6-18)30-23-17(13-16-3-7-19(26)8-4-16)14-32-15-21(23)22(27-30)24(31)28-29-11-1-2-12-29/h3-10,13H,1-2,11-12,14-15H2,(H,28,31). The van der Waals surface area contributed by atoms with Gasteiger partial charge in [0.2, 0.25) is 0 Å². The van der Waals surface area contributed by atoms with Gasteiger partial charge in [0, 0.05) is 29.2 Å². The summed E-state index contributed by atoms with van der Waals surface area (Å²) in [5.41, 5.74) is 7.35. The van der Waals surface area contributed by atoms with E-state index in [4.69, 9.17) is 21.4 Å². The molecule has 1 amide bonds. The number of ether oxygens (including phenoxy) is 1. The summed E-state index contributed by atoms with van der Waals surface area (Å²) in [6.07, 6.45) is 4.06. The molecule has 0 atom stereocenters. The second-order valence-corrected chi connectivity index (χ2v) is 8.35. The van der Waals surface area contributed by atoms with E-state index in [1.807, 2.05) is 23.2 Å². The summed E-state index contributed by atoms with van der Waals surface area (Å²) in [5, 5.41) is 7.24. The fourth-order valence-electron chi connectivity index (χ4n) is 4.10. The van der Waals surface area contributed by atoms with Crippen LogP contribution >= 0.6 is 11.6 Å². The van der Waals surface area contributed by atoms with E-state index in [0.29, 0.717) is 17.3 Å². The summed E-state index contributed by atoms with van der Waals surface area (Å²) in [5.74, 6) is -0.540. The van der Waals surface area contributed by atoms with E-state index in [2.05, 4.69) is 5.43 Å². The highest BCUT2D eigenvalue weighted by molar-refractivity contribution is 6.30. The second kappa shape index (κ2) is 8.86. The number of carbonyl (C=O) groups excluding carboxylic acids is 1. The Labute approximate surface area is 190 Å². The predicted octanol–water partition coefficient (Wildman–Crippen LogP) is 4.48. The van der Waals surface area contributed by atoms with E-state index in [1.165, 1.54) is 12.1 Å². The van der Waals surface area contributed by atoms with Crippen molar-refractivity contribution in [1.82, 2.24) is 20.2 Å². The van der Waals surface area contributed by atoms with E-state index >= 15 is 0 Å². The van der Waals surface area contributed by atoms with Crippen molar-refractivity contribution in [3.8, 4) is 5.69 Å². The number of benzene rings is 2. The van der Waals surface area contributed by atoms with Crippen LogP contribution in [0.5, 0.6) is 0 Å². The lowest BCUT2D eigenvalue weighted by molar-refractivity contribution is 0.0813. The number of hydrogen-bond donors (Lipinski definition) is 1. The number of nitrogens with one attached hydrogen (secondary N) is 1. The fourth-order valence-corrected chi connectivity index (χ4v) is 4.22. The van der Waals surface area contributed by atoms with Crippen molar-refractivity contribution < 1.29 is 13.9 Å². The first-order valence-corrected chi connectivity index (χ1v) is 10.9. The Morgan fingerprint density at radius 3 is 2.50 bits per heavy atom. The summed E-state index contributed by atoms with van der Waals surface area (Å²) < 4.78 is 21.0. The predicted molar refractivity (Wildman–Crippen MR) is 121 cm³/mol. The van der Waals surface area contributed by atoms with Gasteiger partial charge in [-0.1, -0.05) is 23.7 Å². The molecule has 5 rings (SSSR count). The van der Waals surface area contributed by atoms with Crippen LogP contribution in [0.15, 0.2) is 48.5 Å². The zero-order chi connectivity index (χ0) is 22.1. The van der Waals surface area contributed by atoms with Crippen molar-refractivity contribution in [2.75, 3.05) is 19.7 Å². The molecule has 0 aliphatic carbocycles. The first-order valence-electron chi connectivity index (χ1n) is 10.6. The SMILES string of the molecule is O=C(NN1CCCC1)c1nn(-c2ccc(Cl)cc2)c2c1COCC2=Cc1ccc(F)cc1. The molecule has 3 heterocycles. The van der Waals surface area contributed by atoms with Gasteiger partial charge in [0.25, 0.3) is 5.91 Å². The smallest absolute Gasteiger partial charge is 0.286 e. The monoisotopic (exact) mass is 452 g/mol. The zero-order valence-electron chi connectivity index (χ0n) is 17.4. The van der Waals surface area contributed by atoms with Crippen molar-refractivity contribution in [3.63, 3.8) is 0 Å². The van der Waals surface area contributed by atoms with Crippen LogP contribution in [0.1, 0.15) is 40.2 Å². The van der Waals surface area contributed by atoms with E-state index in [1.54, 1.807) is 28.9 Å². The van der Waals surface area contributed by atoms with E-state index in [9.17, 15) is 9.18 Å². The van der Waals surface area contributed by atoms with Crippen molar-refractivity contribution in [2.45, 2.75) is 19.4 Å². The lowest BCUT2D eigenvalue weighted by Crippen LogP contribution is -2.40. The summed E-state index contributed by atoms with van der Waals surface area (Å²) >= 11 is 6.08. The zero-order valence-corrected chi connectivity index (χ0v) is 18.1. The number of hydrogen-bond acceptors (Lipinski definition) is 4. The maximum absolute atomic E-state index is 13.4. The largest absolute Gasteiger partial charge is 0.372 e. The minimum Gasteiger partial charge on any atom is -0.372 e. The van der Waals surface area contributed by atoms with Crippen molar-refractivity contribution in [3.05, 3.63) is 81.9 Å². The van der Waals surface area contributed by atoms with Gasteiger partial charge in [0.05, 0.1) is 24.6 Å². The molecule has 0 radical (unpaired) electrons. The maximum atomic E-state index is 13.4. The molecule has 0 bridgehead atoms. The van der Waals surface area contributed by atoms with Crippen LogP contribution < -0.4 is 5.43 Å². The summed E-state index contributed by atoms with van der Waals surface area (Å²) in [7, 11) is 0. The molecule has 6 nitrogen and oxygen atoms in total. The van der Waals surface area contributed by atoms with Crippen LogP contribution in [-0.4, -0.2) is 40.4 Å². The van der Waals surface area contributed by atoms with Gasteiger partial charge in [-0.15, -0.1) is 0 Å². The van der Waals surface area contributed by atoms with Crippen LogP contribution in [-0.2, 0) is 11.3 Å². The van der Waals surface area contributed by atoms with Gasteiger partial charge < -0.3 is 4.74 Å².